The Morgan fingerprint density at radius 3 is 2.58 bits per heavy atom. The molecule has 3 nitrogen and oxygen atoms in total. The monoisotopic (exact) mass is 342 g/mol. The summed E-state index contributed by atoms with van der Waals surface area (Å²) in [5.74, 6) is 0.568. The summed E-state index contributed by atoms with van der Waals surface area (Å²) in [5.41, 5.74) is 0.859. The van der Waals surface area contributed by atoms with E-state index in [1.54, 1.807) is 12.1 Å². The Hall–Kier alpha value is -0.790. The average molecular weight is 343 g/mol. The molecule has 1 aromatic carbocycles. The van der Waals surface area contributed by atoms with E-state index in [4.69, 9.17) is 4.74 Å². The van der Waals surface area contributed by atoms with Gasteiger partial charge < -0.3 is 14.6 Å². The first kappa shape index (κ1) is 16.3. The Labute approximate surface area is 117 Å². The summed E-state index contributed by atoms with van der Waals surface area (Å²) in [6, 6.07) is 5.32. The van der Waals surface area contributed by atoms with E-state index in [0.717, 1.165) is 10.0 Å². The molecule has 1 unspecified atom stereocenters. The fraction of sp³-hybridized carbons (Fsp3) is 0.500. The van der Waals surface area contributed by atoms with E-state index >= 15 is 0 Å². The second-order valence-corrected chi connectivity index (χ2v) is 4.92. The van der Waals surface area contributed by atoms with Crippen LogP contribution in [0.1, 0.15) is 5.56 Å². The molecule has 0 aromatic heterocycles. The van der Waals surface area contributed by atoms with E-state index in [1.165, 1.54) is 0 Å². The van der Waals surface area contributed by atoms with Crippen LogP contribution in [0.5, 0.6) is 5.75 Å². The third kappa shape index (κ3) is 6.79. The van der Waals surface area contributed by atoms with Gasteiger partial charge in [0.25, 0.3) is 0 Å². The molecule has 0 heterocycles. The van der Waals surface area contributed by atoms with Crippen LogP contribution in [0.25, 0.3) is 0 Å². The van der Waals surface area contributed by atoms with Gasteiger partial charge in [-0.25, -0.2) is 0 Å². The predicted molar refractivity (Wildman–Crippen MR) is 67.3 cm³/mol. The number of hydrogen-bond donors (Lipinski definition) is 1. The highest BCUT2D eigenvalue weighted by molar-refractivity contribution is 9.10. The van der Waals surface area contributed by atoms with Gasteiger partial charge in [0.15, 0.2) is 0 Å². The minimum Gasteiger partial charge on any atom is -0.491 e. The maximum atomic E-state index is 11.8. The summed E-state index contributed by atoms with van der Waals surface area (Å²) in [7, 11) is 0. The molecule has 0 aliphatic carbocycles. The van der Waals surface area contributed by atoms with Crippen molar-refractivity contribution in [1.82, 2.24) is 0 Å². The molecule has 0 radical (unpaired) electrons. The molecule has 1 aromatic rings. The van der Waals surface area contributed by atoms with Gasteiger partial charge in [0.2, 0.25) is 0 Å². The number of halogens is 4. The molecule has 0 aliphatic rings. The van der Waals surface area contributed by atoms with Gasteiger partial charge in [0, 0.05) is 4.47 Å². The fourth-order valence-corrected chi connectivity index (χ4v) is 1.80. The molecule has 1 atom stereocenters. The van der Waals surface area contributed by atoms with Crippen molar-refractivity contribution < 1.29 is 27.8 Å². The van der Waals surface area contributed by atoms with Crippen molar-refractivity contribution >= 4 is 15.9 Å². The third-order valence-corrected chi connectivity index (χ3v) is 2.64. The molecular weight excluding hydrogens is 329 g/mol. The predicted octanol–water partition coefficient (Wildman–Crippen LogP) is 3.08. The normalized spacial score (nSPS) is 13.4. The molecule has 19 heavy (non-hydrogen) atoms. The SMILES string of the molecule is Cc1cc(Br)ccc1OCC(O)COCC(F)(F)F. The van der Waals surface area contributed by atoms with Gasteiger partial charge in [-0.3, -0.25) is 0 Å². The molecule has 7 heteroatoms. The number of aliphatic hydroxyl groups excluding tert-OH is 1. The summed E-state index contributed by atoms with van der Waals surface area (Å²) < 4.78 is 45.9. The number of hydrogen-bond acceptors (Lipinski definition) is 3. The van der Waals surface area contributed by atoms with Crippen LogP contribution in [0.2, 0.25) is 0 Å². The number of aryl methyl sites for hydroxylation is 1. The minimum absolute atomic E-state index is 0.125. The summed E-state index contributed by atoms with van der Waals surface area (Å²) in [5, 5.41) is 9.43. The highest BCUT2D eigenvalue weighted by atomic mass is 79.9. The Morgan fingerprint density at radius 1 is 1.32 bits per heavy atom. The van der Waals surface area contributed by atoms with Gasteiger partial charge in [-0.05, 0) is 30.7 Å². The largest absolute Gasteiger partial charge is 0.491 e. The first-order valence-electron chi connectivity index (χ1n) is 5.49. The Kier molecular flexibility index (Phi) is 6.09. The van der Waals surface area contributed by atoms with Gasteiger partial charge in [-0.2, -0.15) is 13.2 Å². The van der Waals surface area contributed by atoms with E-state index < -0.39 is 25.5 Å². The van der Waals surface area contributed by atoms with Crippen LogP contribution in [-0.2, 0) is 4.74 Å². The van der Waals surface area contributed by atoms with Crippen molar-refractivity contribution in [3.05, 3.63) is 28.2 Å². The Morgan fingerprint density at radius 2 is 2.00 bits per heavy atom. The lowest BCUT2D eigenvalue weighted by molar-refractivity contribution is -0.179. The number of rotatable bonds is 6. The standard InChI is InChI=1S/C12H14BrF3O3/c1-8-4-9(13)2-3-11(8)19-6-10(17)5-18-7-12(14,15)16/h2-4,10,17H,5-7H2,1H3. The number of aliphatic hydroxyl groups is 1. The fourth-order valence-electron chi connectivity index (χ4n) is 1.32. The van der Waals surface area contributed by atoms with Gasteiger partial charge in [0.05, 0.1) is 6.61 Å². The minimum atomic E-state index is -4.39. The molecule has 1 N–H and O–H groups in total. The first-order valence-corrected chi connectivity index (χ1v) is 6.29. The van der Waals surface area contributed by atoms with Crippen LogP contribution >= 0.6 is 15.9 Å². The van der Waals surface area contributed by atoms with E-state index in [2.05, 4.69) is 20.7 Å². The number of ether oxygens (including phenoxy) is 2. The molecule has 0 aliphatic heterocycles. The third-order valence-electron chi connectivity index (χ3n) is 2.14. The molecule has 108 valence electrons. The topological polar surface area (TPSA) is 38.7 Å². The second-order valence-electron chi connectivity index (χ2n) is 4.00. The van der Waals surface area contributed by atoms with Crippen molar-refractivity contribution in [1.29, 1.82) is 0 Å². The Bertz CT molecular complexity index is 410. The zero-order valence-electron chi connectivity index (χ0n) is 10.2. The van der Waals surface area contributed by atoms with E-state index in [0.29, 0.717) is 5.75 Å². The number of alkyl halides is 3. The van der Waals surface area contributed by atoms with Gasteiger partial charge >= 0.3 is 6.18 Å². The van der Waals surface area contributed by atoms with E-state index in [-0.39, 0.29) is 6.61 Å². The average Bonchev–Trinajstić information content (AvgIpc) is 2.26. The molecule has 0 amide bonds. The van der Waals surface area contributed by atoms with Crippen molar-refractivity contribution in [3.8, 4) is 5.75 Å². The van der Waals surface area contributed by atoms with Crippen LogP contribution < -0.4 is 4.74 Å². The summed E-state index contributed by atoms with van der Waals surface area (Å²) in [4.78, 5) is 0. The lowest BCUT2D eigenvalue weighted by atomic mass is 10.2. The van der Waals surface area contributed by atoms with Crippen molar-refractivity contribution in [2.24, 2.45) is 0 Å². The summed E-state index contributed by atoms with van der Waals surface area (Å²) in [6.45, 7) is -0.0938. The summed E-state index contributed by atoms with van der Waals surface area (Å²) in [6.07, 6.45) is -5.49. The molecule has 1 rings (SSSR count). The first-order chi connectivity index (χ1) is 8.78. The van der Waals surface area contributed by atoms with Crippen LogP contribution in [0.3, 0.4) is 0 Å². The number of benzene rings is 1. The van der Waals surface area contributed by atoms with Crippen molar-refractivity contribution in [2.45, 2.75) is 19.2 Å². The lowest BCUT2D eigenvalue weighted by Gasteiger charge is -2.15. The van der Waals surface area contributed by atoms with E-state index in [9.17, 15) is 18.3 Å². The Balaban J connectivity index is 2.32. The van der Waals surface area contributed by atoms with Crippen LogP contribution in [0.4, 0.5) is 13.2 Å². The molecule has 0 spiro atoms. The molecule has 0 saturated heterocycles. The van der Waals surface area contributed by atoms with Gasteiger partial charge in [-0.15, -0.1) is 0 Å². The quantitative estimate of drug-likeness (QED) is 0.863. The van der Waals surface area contributed by atoms with Crippen LogP contribution in [-0.4, -0.2) is 37.2 Å². The smallest absolute Gasteiger partial charge is 0.411 e. The lowest BCUT2D eigenvalue weighted by Crippen LogP contribution is -2.27. The molecule has 0 bridgehead atoms. The zero-order chi connectivity index (χ0) is 14.5. The summed E-state index contributed by atoms with van der Waals surface area (Å²) >= 11 is 3.30. The van der Waals surface area contributed by atoms with E-state index in [1.807, 2.05) is 13.0 Å². The maximum absolute atomic E-state index is 11.8. The second kappa shape index (κ2) is 7.12. The van der Waals surface area contributed by atoms with Crippen molar-refractivity contribution in [2.75, 3.05) is 19.8 Å². The van der Waals surface area contributed by atoms with Gasteiger partial charge in [0.1, 0.15) is 25.1 Å². The van der Waals surface area contributed by atoms with Gasteiger partial charge in [-0.1, -0.05) is 15.9 Å². The maximum Gasteiger partial charge on any atom is 0.411 e. The van der Waals surface area contributed by atoms with Crippen LogP contribution in [0.15, 0.2) is 22.7 Å². The highest BCUT2D eigenvalue weighted by Gasteiger charge is 2.27. The molecule has 0 fully saturated rings. The molecular formula is C12H14BrF3O3. The van der Waals surface area contributed by atoms with Crippen LogP contribution in [0, 0.1) is 6.92 Å². The van der Waals surface area contributed by atoms with Crippen molar-refractivity contribution in [3.63, 3.8) is 0 Å². The zero-order valence-corrected chi connectivity index (χ0v) is 11.8. The highest BCUT2D eigenvalue weighted by Crippen LogP contribution is 2.22. The molecule has 0 saturated carbocycles.